The molecule has 76 valence electrons. The van der Waals surface area contributed by atoms with Crippen LogP contribution in [0.1, 0.15) is 42.7 Å². The maximum absolute atomic E-state index is 3.52. The highest BCUT2D eigenvalue weighted by molar-refractivity contribution is 9.09. The number of hydrogen-bond acceptors (Lipinski definition) is 0. The molecule has 1 aliphatic rings. The van der Waals surface area contributed by atoms with Crippen molar-refractivity contribution < 1.29 is 0 Å². The zero-order valence-electron chi connectivity index (χ0n) is 8.51. The van der Waals surface area contributed by atoms with Gasteiger partial charge >= 0.3 is 0 Å². The third kappa shape index (κ3) is 2.20. The Bertz CT molecular complexity index is 293. The SMILES string of the molecule is BrCCC[C@@H]1CCCc2ccccc21. The van der Waals surface area contributed by atoms with Gasteiger partial charge in [-0.25, -0.2) is 0 Å². The molecule has 0 aliphatic heterocycles. The van der Waals surface area contributed by atoms with E-state index in [4.69, 9.17) is 0 Å². The Morgan fingerprint density at radius 1 is 1.29 bits per heavy atom. The summed E-state index contributed by atoms with van der Waals surface area (Å²) < 4.78 is 0. The predicted molar refractivity (Wildman–Crippen MR) is 65.1 cm³/mol. The van der Waals surface area contributed by atoms with Crippen LogP contribution < -0.4 is 0 Å². The molecule has 0 N–H and O–H groups in total. The number of alkyl halides is 1. The second-order valence-electron chi connectivity index (χ2n) is 4.12. The van der Waals surface area contributed by atoms with Crippen LogP contribution in [0.2, 0.25) is 0 Å². The van der Waals surface area contributed by atoms with Crippen molar-refractivity contribution in [2.24, 2.45) is 0 Å². The van der Waals surface area contributed by atoms with E-state index in [2.05, 4.69) is 40.2 Å². The van der Waals surface area contributed by atoms with Crippen LogP contribution in [0, 0.1) is 0 Å². The van der Waals surface area contributed by atoms with Crippen molar-refractivity contribution in [1.29, 1.82) is 0 Å². The summed E-state index contributed by atoms with van der Waals surface area (Å²) in [4.78, 5) is 0. The Morgan fingerprint density at radius 3 is 3.00 bits per heavy atom. The zero-order valence-corrected chi connectivity index (χ0v) is 10.1. The molecule has 0 fully saturated rings. The quantitative estimate of drug-likeness (QED) is 0.705. The zero-order chi connectivity index (χ0) is 9.80. The monoisotopic (exact) mass is 252 g/mol. The molecule has 0 spiro atoms. The lowest BCUT2D eigenvalue weighted by molar-refractivity contribution is 0.517. The Hall–Kier alpha value is -0.300. The largest absolute Gasteiger partial charge is 0.0928 e. The maximum atomic E-state index is 3.52. The van der Waals surface area contributed by atoms with Crippen molar-refractivity contribution in [2.75, 3.05) is 5.33 Å². The molecule has 0 nitrogen and oxygen atoms in total. The predicted octanol–water partition coefficient (Wildman–Crippen LogP) is 4.28. The average molecular weight is 253 g/mol. The summed E-state index contributed by atoms with van der Waals surface area (Å²) in [6, 6.07) is 8.99. The minimum Gasteiger partial charge on any atom is -0.0928 e. The Balaban J connectivity index is 2.14. The van der Waals surface area contributed by atoms with Crippen LogP contribution >= 0.6 is 15.9 Å². The highest BCUT2D eigenvalue weighted by atomic mass is 79.9. The molecule has 0 heterocycles. The number of hydrogen-bond donors (Lipinski definition) is 0. The van der Waals surface area contributed by atoms with Gasteiger partial charge < -0.3 is 0 Å². The summed E-state index contributed by atoms with van der Waals surface area (Å²) in [5.41, 5.74) is 3.22. The molecule has 0 amide bonds. The van der Waals surface area contributed by atoms with Gasteiger partial charge in [0.05, 0.1) is 0 Å². The fourth-order valence-corrected chi connectivity index (χ4v) is 2.80. The molecule has 1 atom stereocenters. The Labute approximate surface area is 94.8 Å². The van der Waals surface area contributed by atoms with Crippen molar-refractivity contribution in [3.05, 3.63) is 35.4 Å². The van der Waals surface area contributed by atoms with Gasteiger partial charge in [0.2, 0.25) is 0 Å². The molecule has 1 heteroatoms. The smallest absolute Gasteiger partial charge is 0.00315 e. The summed E-state index contributed by atoms with van der Waals surface area (Å²) in [7, 11) is 0. The molecule has 14 heavy (non-hydrogen) atoms. The average Bonchev–Trinajstić information content (AvgIpc) is 2.26. The van der Waals surface area contributed by atoms with Gasteiger partial charge in [0, 0.05) is 5.33 Å². The number of rotatable bonds is 3. The van der Waals surface area contributed by atoms with Gasteiger partial charge in [-0.2, -0.15) is 0 Å². The minimum atomic E-state index is 0.831. The lowest BCUT2D eigenvalue weighted by atomic mass is 9.81. The van der Waals surface area contributed by atoms with Crippen LogP contribution in [0.25, 0.3) is 0 Å². The van der Waals surface area contributed by atoms with E-state index in [0.29, 0.717) is 0 Å². The second-order valence-corrected chi connectivity index (χ2v) is 4.91. The van der Waals surface area contributed by atoms with E-state index < -0.39 is 0 Å². The number of benzene rings is 1. The fraction of sp³-hybridized carbons (Fsp3) is 0.538. The van der Waals surface area contributed by atoms with Crippen LogP contribution in [-0.2, 0) is 6.42 Å². The molecule has 0 saturated carbocycles. The van der Waals surface area contributed by atoms with E-state index >= 15 is 0 Å². The summed E-state index contributed by atoms with van der Waals surface area (Å²) in [5, 5.41) is 1.14. The van der Waals surface area contributed by atoms with Crippen LogP contribution in [0.5, 0.6) is 0 Å². The van der Waals surface area contributed by atoms with Crippen molar-refractivity contribution in [3.8, 4) is 0 Å². The fourth-order valence-electron chi connectivity index (χ4n) is 2.48. The topological polar surface area (TPSA) is 0 Å². The van der Waals surface area contributed by atoms with Gasteiger partial charge in [-0.1, -0.05) is 40.2 Å². The minimum absolute atomic E-state index is 0.831. The highest BCUT2D eigenvalue weighted by Crippen LogP contribution is 2.34. The standard InChI is InChI=1S/C13H17Br/c14-10-4-8-12-7-3-6-11-5-1-2-9-13(11)12/h1-2,5,9,12H,3-4,6-8,10H2/t12-/m0/s1. The molecule has 0 unspecified atom stereocenters. The van der Waals surface area contributed by atoms with E-state index in [1.54, 1.807) is 11.1 Å². The molecule has 1 aliphatic carbocycles. The summed E-state index contributed by atoms with van der Waals surface area (Å²) in [5.74, 6) is 0.831. The van der Waals surface area contributed by atoms with E-state index in [0.717, 1.165) is 11.2 Å². The molecular formula is C13H17Br. The van der Waals surface area contributed by atoms with Gasteiger partial charge in [0.1, 0.15) is 0 Å². The Morgan fingerprint density at radius 2 is 2.14 bits per heavy atom. The first-order chi connectivity index (χ1) is 6.92. The number of aryl methyl sites for hydroxylation is 1. The molecule has 0 saturated heterocycles. The first-order valence-corrected chi connectivity index (χ1v) is 6.67. The second kappa shape index (κ2) is 4.97. The lowest BCUT2D eigenvalue weighted by Gasteiger charge is -2.25. The van der Waals surface area contributed by atoms with Gasteiger partial charge in [-0.15, -0.1) is 0 Å². The van der Waals surface area contributed by atoms with E-state index in [1.807, 2.05) is 0 Å². The normalized spacial score (nSPS) is 20.5. The first-order valence-electron chi connectivity index (χ1n) is 5.55. The van der Waals surface area contributed by atoms with Crippen molar-refractivity contribution in [1.82, 2.24) is 0 Å². The Kier molecular flexibility index (Phi) is 3.63. The third-order valence-electron chi connectivity index (χ3n) is 3.18. The van der Waals surface area contributed by atoms with E-state index in [-0.39, 0.29) is 0 Å². The molecular weight excluding hydrogens is 236 g/mol. The summed E-state index contributed by atoms with van der Waals surface area (Å²) in [6.07, 6.45) is 6.72. The highest BCUT2D eigenvalue weighted by Gasteiger charge is 2.18. The molecule has 0 bridgehead atoms. The molecule has 0 aromatic heterocycles. The summed E-state index contributed by atoms with van der Waals surface area (Å²) >= 11 is 3.52. The van der Waals surface area contributed by atoms with Crippen molar-refractivity contribution >= 4 is 15.9 Å². The number of fused-ring (bicyclic) bond motifs is 1. The molecule has 1 aromatic carbocycles. The van der Waals surface area contributed by atoms with Crippen LogP contribution in [0.15, 0.2) is 24.3 Å². The summed E-state index contributed by atoms with van der Waals surface area (Å²) in [6.45, 7) is 0. The van der Waals surface area contributed by atoms with Gasteiger partial charge in [0.15, 0.2) is 0 Å². The van der Waals surface area contributed by atoms with Crippen molar-refractivity contribution in [2.45, 2.75) is 38.0 Å². The first kappa shape index (κ1) is 10.2. The van der Waals surface area contributed by atoms with Crippen LogP contribution in [0.3, 0.4) is 0 Å². The maximum Gasteiger partial charge on any atom is 0.00315 e. The van der Waals surface area contributed by atoms with Gasteiger partial charge in [-0.3, -0.25) is 0 Å². The molecule has 2 rings (SSSR count). The van der Waals surface area contributed by atoms with E-state index in [1.165, 1.54) is 32.1 Å². The van der Waals surface area contributed by atoms with Gasteiger partial charge in [-0.05, 0) is 49.1 Å². The number of halogens is 1. The molecule has 1 aromatic rings. The van der Waals surface area contributed by atoms with Crippen LogP contribution in [0.4, 0.5) is 0 Å². The molecule has 0 radical (unpaired) electrons. The van der Waals surface area contributed by atoms with Crippen LogP contribution in [-0.4, -0.2) is 5.33 Å². The van der Waals surface area contributed by atoms with E-state index in [9.17, 15) is 0 Å². The van der Waals surface area contributed by atoms with Gasteiger partial charge in [0.25, 0.3) is 0 Å². The van der Waals surface area contributed by atoms with Crippen molar-refractivity contribution in [3.63, 3.8) is 0 Å². The third-order valence-corrected chi connectivity index (χ3v) is 3.74. The lowest BCUT2D eigenvalue weighted by Crippen LogP contribution is -2.09.